The van der Waals surface area contributed by atoms with E-state index in [-0.39, 0.29) is 11.1 Å². The molecule has 140 valence electrons. The molecule has 3 aromatic rings. The van der Waals surface area contributed by atoms with Crippen molar-refractivity contribution in [2.75, 3.05) is 0 Å². The van der Waals surface area contributed by atoms with E-state index in [2.05, 4.69) is 10.5 Å². The summed E-state index contributed by atoms with van der Waals surface area (Å²) in [5.74, 6) is 0.253. The number of nitrogens with zero attached hydrogens (tertiary/aromatic N) is 1. The minimum atomic E-state index is -0.698. The van der Waals surface area contributed by atoms with Gasteiger partial charge in [0, 0.05) is 11.1 Å². The Labute approximate surface area is 161 Å². The first-order valence-electron chi connectivity index (χ1n) is 8.36. The number of benzene rings is 3. The monoisotopic (exact) mass is 375 g/mol. The van der Waals surface area contributed by atoms with Crippen molar-refractivity contribution < 1.29 is 19.5 Å². The van der Waals surface area contributed by atoms with Crippen LogP contribution in [-0.4, -0.2) is 23.2 Å². The maximum atomic E-state index is 12.1. The molecule has 2 amide bonds. The molecule has 7 nitrogen and oxygen atoms in total. The molecular weight excluding hydrogens is 358 g/mol. The summed E-state index contributed by atoms with van der Waals surface area (Å²) in [5, 5.41) is 12.6. The second-order valence-corrected chi connectivity index (χ2v) is 5.71. The summed E-state index contributed by atoms with van der Waals surface area (Å²) in [6.07, 6.45) is 1.49. The standard InChI is InChI=1S/C21H17N3O4/c25-20(16-5-4-6-17(13-16)21(26)24-27)23-22-14-15-9-11-19(12-10-15)28-18-7-2-1-3-8-18/h1-14,27H,(H,23,25)(H,24,26)/b22-14+. The van der Waals surface area contributed by atoms with Gasteiger partial charge in [0.25, 0.3) is 11.8 Å². The lowest BCUT2D eigenvalue weighted by molar-refractivity contribution is 0.0706. The molecule has 0 spiro atoms. The Kier molecular flexibility index (Phi) is 6.12. The maximum Gasteiger partial charge on any atom is 0.274 e. The Morgan fingerprint density at radius 3 is 2.14 bits per heavy atom. The lowest BCUT2D eigenvalue weighted by Gasteiger charge is -2.05. The van der Waals surface area contributed by atoms with Crippen molar-refractivity contribution in [1.29, 1.82) is 0 Å². The van der Waals surface area contributed by atoms with Gasteiger partial charge >= 0.3 is 0 Å². The summed E-state index contributed by atoms with van der Waals surface area (Å²) < 4.78 is 5.71. The van der Waals surface area contributed by atoms with Gasteiger partial charge in [-0.3, -0.25) is 14.8 Å². The summed E-state index contributed by atoms with van der Waals surface area (Å²) in [6.45, 7) is 0. The van der Waals surface area contributed by atoms with Gasteiger partial charge in [-0.15, -0.1) is 0 Å². The number of hydrogen-bond acceptors (Lipinski definition) is 5. The first-order valence-corrected chi connectivity index (χ1v) is 8.36. The number of amides is 2. The van der Waals surface area contributed by atoms with Gasteiger partial charge in [-0.1, -0.05) is 24.3 Å². The van der Waals surface area contributed by atoms with Gasteiger partial charge in [-0.05, 0) is 60.2 Å². The Morgan fingerprint density at radius 2 is 1.46 bits per heavy atom. The quantitative estimate of drug-likeness (QED) is 0.349. The highest BCUT2D eigenvalue weighted by Crippen LogP contribution is 2.20. The van der Waals surface area contributed by atoms with E-state index >= 15 is 0 Å². The highest BCUT2D eigenvalue weighted by atomic mass is 16.5. The third-order valence-electron chi connectivity index (χ3n) is 3.73. The van der Waals surface area contributed by atoms with Crippen molar-refractivity contribution in [1.82, 2.24) is 10.9 Å². The molecule has 0 heterocycles. The van der Waals surface area contributed by atoms with Crippen molar-refractivity contribution in [2.24, 2.45) is 5.10 Å². The average molecular weight is 375 g/mol. The van der Waals surface area contributed by atoms with E-state index in [0.717, 1.165) is 11.3 Å². The molecule has 7 heteroatoms. The van der Waals surface area contributed by atoms with E-state index in [0.29, 0.717) is 5.75 Å². The van der Waals surface area contributed by atoms with E-state index < -0.39 is 11.8 Å². The smallest absolute Gasteiger partial charge is 0.274 e. The minimum Gasteiger partial charge on any atom is -0.457 e. The van der Waals surface area contributed by atoms with Gasteiger partial charge < -0.3 is 4.74 Å². The van der Waals surface area contributed by atoms with Crippen LogP contribution in [0.3, 0.4) is 0 Å². The number of para-hydroxylation sites is 1. The zero-order valence-electron chi connectivity index (χ0n) is 14.7. The van der Waals surface area contributed by atoms with E-state index in [9.17, 15) is 9.59 Å². The molecule has 28 heavy (non-hydrogen) atoms. The molecule has 3 N–H and O–H groups in total. The predicted molar refractivity (Wildman–Crippen MR) is 104 cm³/mol. The van der Waals surface area contributed by atoms with Gasteiger partial charge in [0.05, 0.1) is 6.21 Å². The minimum absolute atomic E-state index is 0.160. The van der Waals surface area contributed by atoms with Crippen LogP contribution in [0.2, 0.25) is 0 Å². The van der Waals surface area contributed by atoms with E-state index in [4.69, 9.17) is 9.94 Å². The molecule has 0 fully saturated rings. The van der Waals surface area contributed by atoms with Gasteiger partial charge in [-0.2, -0.15) is 5.10 Å². The molecule has 0 saturated heterocycles. The fourth-order valence-electron chi connectivity index (χ4n) is 2.34. The zero-order valence-corrected chi connectivity index (χ0v) is 14.7. The molecule has 3 aromatic carbocycles. The Bertz CT molecular complexity index is 986. The fraction of sp³-hybridized carbons (Fsp3) is 0. The van der Waals surface area contributed by atoms with Gasteiger partial charge in [-0.25, -0.2) is 10.9 Å². The van der Waals surface area contributed by atoms with E-state index in [1.807, 2.05) is 30.3 Å². The van der Waals surface area contributed by atoms with Gasteiger partial charge in [0.15, 0.2) is 0 Å². The summed E-state index contributed by atoms with van der Waals surface area (Å²) in [6, 6.07) is 22.5. The summed E-state index contributed by atoms with van der Waals surface area (Å²) >= 11 is 0. The summed E-state index contributed by atoms with van der Waals surface area (Å²) in [5.41, 5.74) is 5.09. The number of rotatable bonds is 6. The topological polar surface area (TPSA) is 100 Å². The van der Waals surface area contributed by atoms with Crippen LogP contribution in [0.1, 0.15) is 26.3 Å². The van der Waals surface area contributed by atoms with Crippen LogP contribution in [0, 0.1) is 0 Å². The van der Waals surface area contributed by atoms with Crippen LogP contribution >= 0.6 is 0 Å². The molecule has 0 atom stereocenters. The van der Waals surface area contributed by atoms with Crippen molar-refractivity contribution in [3.05, 3.63) is 95.6 Å². The van der Waals surface area contributed by atoms with Crippen LogP contribution in [0.25, 0.3) is 0 Å². The maximum absolute atomic E-state index is 12.1. The molecule has 0 aliphatic rings. The second-order valence-electron chi connectivity index (χ2n) is 5.71. The Morgan fingerprint density at radius 1 is 0.821 bits per heavy atom. The average Bonchev–Trinajstić information content (AvgIpc) is 2.75. The van der Waals surface area contributed by atoms with Crippen LogP contribution in [0.4, 0.5) is 0 Å². The molecule has 0 aliphatic heterocycles. The van der Waals surface area contributed by atoms with Crippen molar-refractivity contribution in [3.8, 4) is 11.5 Å². The first kappa shape index (κ1) is 18.8. The number of nitrogens with one attached hydrogen (secondary N) is 2. The normalized spacial score (nSPS) is 10.5. The van der Waals surface area contributed by atoms with E-state index in [1.54, 1.807) is 24.3 Å². The number of hydrazone groups is 1. The first-order chi connectivity index (χ1) is 13.7. The highest BCUT2D eigenvalue weighted by Gasteiger charge is 2.09. The number of carbonyl (C=O) groups is 2. The number of ether oxygens (including phenoxy) is 1. The van der Waals surface area contributed by atoms with Gasteiger partial charge in [0.2, 0.25) is 0 Å². The number of carbonyl (C=O) groups excluding carboxylic acids is 2. The Balaban J connectivity index is 1.58. The van der Waals surface area contributed by atoms with Crippen LogP contribution < -0.4 is 15.6 Å². The van der Waals surface area contributed by atoms with Crippen LogP contribution in [0.15, 0.2) is 84.0 Å². The van der Waals surface area contributed by atoms with E-state index in [1.165, 1.54) is 36.0 Å². The lowest BCUT2D eigenvalue weighted by Crippen LogP contribution is -2.21. The third kappa shape index (κ3) is 5.03. The largest absolute Gasteiger partial charge is 0.457 e. The summed E-state index contributed by atoms with van der Waals surface area (Å²) in [4.78, 5) is 23.5. The van der Waals surface area contributed by atoms with Crippen molar-refractivity contribution >= 4 is 18.0 Å². The number of hydroxylamine groups is 1. The van der Waals surface area contributed by atoms with Gasteiger partial charge in [0.1, 0.15) is 11.5 Å². The fourth-order valence-corrected chi connectivity index (χ4v) is 2.34. The molecule has 0 aromatic heterocycles. The zero-order chi connectivity index (χ0) is 19.8. The molecule has 0 unspecified atom stereocenters. The van der Waals surface area contributed by atoms with Crippen molar-refractivity contribution in [2.45, 2.75) is 0 Å². The van der Waals surface area contributed by atoms with Crippen molar-refractivity contribution in [3.63, 3.8) is 0 Å². The molecule has 0 radical (unpaired) electrons. The SMILES string of the molecule is O=C(NO)c1cccc(C(=O)N/N=C/c2ccc(Oc3ccccc3)cc2)c1. The number of hydrogen-bond donors (Lipinski definition) is 3. The van der Waals surface area contributed by atoms with Crippen LogP contribution in [0.5, 0.6) is 11.5 Å². The molecule has 0 aliphatic carbocycles. The molecular formula is C21H17N3O4. The predicted octanol–water partition coefficient (Wildman–Crippen LogP) is 3.36. The van der Waals surface area contributed by atoms with Crippen LogP contribution in [-0.2, 0) is 0 Å². The molecule has 0 saturated carbocycles. The lowest BCUT2D eigenvalue weighted by atomic mass is 10.1. The summed E-state index contributed by atoms with van der Waals surface area (Å²) in [7, 11) is 0. The highest BCUT2D eigenvalue weighted by molar-refractivity contribution is 5.99. The molecule has 0 bridgehead atoms. The third-order valence-corrected chi connectivity index (χ3v) is 3.73. The molecule has 3 rings (SSSR count). The Hall–Kier alpha value is -3.97. The second kappa shape index (κ2) is 9.11.